The van der Waals surface area contributed by atoms with Crippen LogP contribution in [0.25, 0.3) is 0 Å². The molecule has 1 aliphatic carbocycles. The molecule has 1 saturated heterocycles. The van der Waals surface area contributed by atoms with Crippen molar-refractivity contribution in [1.82, 2.24) is 10.2 Å². The second-order valence-electron chi connectivity index (χ2n) is 6.56. The van der Waals surface area contributed by atoms with E-state index < -0.39 is 0 Å². The molecule has 1 saturated carbocycles. The molecule has 2 fully saturated rings. The number of nitriles is 1. The molecule has 1 aromatic rings. The predicted molar refractivity (Wildman–Crippen MR) is 85.0 cm³/mol. The highest BCUT2D eigenvalue weighted by molar-refractivity contribution is 5.33. The third-order valence-corrected chi connectivity index (χ3v) is 5.37. The predicted octanol–water partition coefficient (Wildman–Crippen LogP) is 3.23. The average molecular weight is 283 g/mol. The van der Waals surface area contributed by atoms with Gasteiger partial charge in [-0.1, -0.05) is 31.4 Å². The maximum absolute atomic E-state index is 8.95. The van der Waals surface area contributed by atoms with Gasteiger partial charge in [0.1, 0.15) is 0 Å². The summed E-state index contributed by atoms with van der Waals surface area (Å²) in [5.41, 5.74) is 2.43. The summed E-state index contributed by atoms with van der Waals surface area (Å²) in [4.78, 5) is 2.73. The number of benzene rings is 1. The molecule has 3 heteroatoms. The molecule has 112 valence electrons. The molecule has 0 bridgehead atoms. The van der Waals surface area contributed by atoms with Crippen LogP contribution in [-0.2, 0) is 0 Å². The summed E-state index contributed by atoms with van der Waals surface area (Å²) in [6.07, 6.45) is 6.75. The van der Waals surface area contributed by atoms with Crippen molar-refractivity contribution in [2.75, 3.05) is 19.6 Å². The Morgan fingerprint density at radius 2 is 1.90 bits per heavy atom. The Bertz CT molecular complexity index is 500. The lowest BCUT2D eigenvalue weighted by Gasteiger charge is -2.52. The van der Waals surface area contributed by atoms with Crippen molar-refractivity contribution in [1.29, 1.82) is 5.26 Å². The summed E-state index contributed by atoms with van der Waals surface area (Å²) >= 11 is 0. The summed E-state index contributed by atoms with van der Waals surface area (Å²) in [6.45, 7) is 5.67. The van der Waals surface area contributed by atoms with E-state index in [1.54, 1.807) is 0 Å². The van der Waals surface area contributed by atoms with Crippen LogP contribution in [0.5, 0.6) is 0 Å². The standard InChI is InChI=1S/C18H25N3/c1-15(17-7-5-16(13-19)6-8-17)21-12-11-20-14-18(21)9-3-2-4-10-18/h5-8,15,20H,2-4,9-12,14H2,1H3. The molecular weight excluding hydrogens is 258 g/mol. The molecular formula is C18H25N3. The first kappa shape index (κ1) is 14.6. The van der Waals surface area contributed by atoms with Gasteiger partial charge in [0, 0.05) is 31.2 Å². The molecule has 1 N–H and O–H groups in total. The van der Waals surface area contributed by atoms with Crippen molar-refractivity contribution in [2.24, 2.45) is 0 Å². The molecule has 3 nitrogen and oxygen atoms in total. The Labute approximate surface area is 128 Å². The Balaban J connectivity index is 1.83. The lowest BCUT2D eigenvalue weighted by Crippen LogP contribution is -2.62. The van der Waals surface area contributed by atoms with Gasteiger partial charge in [0.2, 0.25) is 0 Å². The van der Waals surface area contributed by atoms with Gasteiger partial charge in [-0.05, 0) is 37.5 Å². The van der Waals surface area contributed by atoms with Gasteiger partial charge in [0.25, 0.3) is 0 Å². The van der Waals surface area contributed by atoms with Gasteiger partial charge in [-0.15, -0.1) is 0 Å². The van der Waals surface area contributed by atoms with E-state index in [9.17, 15) is 0 Å². The zero-order valence-corrected chi connectivity index (χ0v) is 12.9. The highest BCUT2D eigenvalue weighted by Gasteiger charge is 2.41. The van der Waals surface area contributed by atoms with Crippen LogP contribution in [0, 0.1) is 11.3 Å². The first-order valence-electron chi connectivity index (χ1n) is 8.23. The molecule has 21 heavy (non-hydrogen) atoms. The van der Waals surface area contributed by atoms with E-state index in [-0.39, 0.29) is 0 Å². The maximum atomic E-state index is 8.95. The Hall–Kier alpha value is -1.37. The molecule has 1 unspecified atom stereocenters. The van der Waals surface area contributed by atoms with Gasteiger partial charge in [0.15, 0.2) is 0 Å². The fraction of sp³-hybridized carbons (Fsp3) is 0.611. The second kappa shape index (κ2) is 6.17. The van der Waals surface area contributed by atoms with E-state index in [0.717, 1.165) is 25.2 Å². The molecule has 0 aromatic heterocycles. The van der Waals surface area contributed by atoms with Crippen LogP contribution in [0.1, 0.15) is 56.2 Å². The number of nitrogens with zero attached hydrogens (tertiary/aromatic N) is 2. The number of hydrogen-bond acceptors (Lipinski definition) is 3. The Kier molecular flexibility index (Phi) is 4.28. The molecule has 0 amide bonds. The molecule has 1 aliphatic heterocycles. The van der Waals surface area contributed by atoms with Gasteiger partial charge in [-0.3, -0.25) is 4.90 Å². The lowest BCUT2D eigenvalue weighted by atomic mass is 9.78. The summed E-state index contributed by atoms with van der Waals surface area (Å²) in [7, 11) is 0. The number of hydrogen-bond donors (Lipinski definition) is 1. The van der Waals surface area contributed by atoms with E-state index in [4.69, 9.17) is 5.26 Å². The first-order valence-corrected chi connectivity index (χ1v) is 8.23. The van der Waals surface area contributed by atoms with E-state index in [2.05, 4.69) is 35.3 Å². The van der Waals surface area contributed by atoms with Gasteiger partial charge >= 0.3 is 0 Å². The molecule has 1 aromatic carbocycles. The van der Waals surface area contributed by atoms with Crippen molar-refractivity contribution in [3.63, 3.8) is 0 Å². The van der Waals surface area contributed by atoms with Gasteiger partial charge in [-0.25, -0.2) is 0 Å². The van der Waals surface area contributed by atoms with Crippen molar-refractivity contribution in [3.8, 4) is 6.07 Å². The monoisotopic (exact) mass is 283 g/mol. The highest BCUT2D eigenvalue weighted by Crippen LogP contribution is 2.39. The first-order chi connectivity index (χ1) is 10.2. The minimum absolute atomic E-state index is 0.351. The molecule has 3 rings (SSSR count). The summed E-state index contributed by atoms with van der Waals surface area (Å²) in [5.74, 6) is 0. The minimum atomic E-state index is 0.351. The van der Waals surface area contributed by atoms with Crippen molar-refractivity contribution < 1.29 is 0 Å². The van der Waals surface area contributed by atoms with Gasteiger partial charge < -0.3 is 5.32 Å². The highest BCUT2D eigenvalue weighted by atomic mass is 15.3. The molecule has 2 aliphatic rings. The molecule has 1 heterocycles. The van der Waals surface area contributed by atoms with Crippen LogP contribution in [0.3, 0.4) is 0 Å². The Morgan fingerprint density at radius 1 is 1.19 bits per heavy atom. The van der Waals surface area contributed by atoms with Crippen molar-refractivity contribution in [2.45, 2.75) is 50.6 Å². The van der Waals surface area contributed by atoms with Crippen LogP contribution < -0.4 is 5.32 Å². The fourth-order valence-corrected chi connectivity index (χ4v) is 4.15. The van der Waals surface area contributed by atoms with Crippen molar-refractivity contribution in [3.05, 3.63) is 35.4 Å². The van der Waals surface area contributed by atoms with E-state index in [1.165, 1.54) is 37.7 Å². The van der Waals surface area contributed by atoms with E-state index in [1.807, 2.05) is 12.1 Å². The fourth-order valence-electron chi connectivity index (χ4n) is 4.15. The summed E-state index contributed by atoms with van der Waals surface area (Å²) in [5, 5.41) is 12.6. The van der Waals surface area contributed by atoms with Crippen LogP contribution in [0.4, 0.5) is 0 Å². The van der Waals surface area contributed by atoms with Gasteiger partial charge in [-0.2, -0.15) is 5.26 Å². The molecule has 1 spiro atoms. The van der Waals surface area contributed by atoms with Crippen LogP contribution in [0.15, 0.2) is 24.3 Å². The number of nitrogens with one attached hydrogen (secondary N) is 1. The van der Waals surface area contributed by atoms with Crippen LogP contribution in [-0.4, -0.2) is 30.1 Å². The maximum Gasteiger partial charge on any atom is 0.0991 e. The topological polar surface area (TPSA) is 39.1 Å². The number of piperazine rings is 1. The summed E-state index contributed by atoms with van der Waals surface area (Å²) in [6, 6.07) is 10.8. The summed E-state index contributed by atoms with van der Waals surface area (Å²) < 4.78 is 0. The van der Waals surface area contributed by atoms with Crippen LogP contribution in [0.2, 0.25) is 0 Å². The minimum Gasteiger partial charge on any atom is -0.314 e. The average Bonchev–Trinajstić information content (AvgIpc) is 2.55. The SMILES string of the molecule is CC(c1ccc(C#N)cc1)N1CCNCC12CCCCC2. The van der Waals surface area contributed by atoms with Crippen molar-refractivity contribution >= 4 is 0 Å². The van der Waals surface area contributed by atoms with E-state index >= 15 is 0 Å². The normalized spacial score (nSPS) is 23.6. The zero-order chi connectivity index (χ0) is 14.7. The smallest absolute Gasteiger partial charge is 0.0991 e. The van der Waals surface area contributed by atoms with E-state index in [0.29, 0.717) is 11.6 Å². The lowest BCUT2D eigenvalue weighted by molar-refractivity contribution is -0.00278. The second-order valence-corrected chi connectivity index (χ2v) is 6.56. The Morgan fingerprint density at radius 3 is 2.57 bits per heavy atom. The molecule has 0 radical (unpaired) electrons. The quantitative estimate of drug-likeness (QED) is 0.905. The number of rotatable bonds is 2. The largest absolute Gasteiger partial charge is 0.314 e. The zero-order valence-electron chi connectivity index (χ0n) is 12.9. The van der Waals surface area contributed by atoms with Gasteiger partial charge in [0.05, 0.1) is 11.6 Å². The molecule has 1 atom stereocenters. The van der Waals surface area contributed by atoms with Crippen LogP contribution >= 0.6 is 0 Å². The third-order valence-electron chi connectivity index (χ3n) is 5.37. The third kappa shape index (κ3) is 2.84.